The van der Waals surface area contributed by atoms with E-state index < -0.39 is 0 Å². The van der Waals surface area contributed by atoms with Gasteiger partial charge in [0.15, 0.2) is 17.5 Å². The third-order valence-electron chi connectivity index (χ3n) is 9.76. The number of pyridine rings is 2. The van der Waals surface area contributed by atoms with E-state index in [1.54, 1.807) is 0 Å². The van der Waals surface area contributed by atoms with Gasteiger partial charge in [-0.25, -0.2) is 15.0 Å². The molecule has 0 aliphatic rings. The van der Waals surface area contributed by atoms with Crippen molar-refractivity contribution in [3.8, 4) is 56.7 Å². The average molecular weight is 664 g/mol. The lowest BCUT2D eigenvalue weighted by atomic mass is 9.97. The fraction of sp³-hybridized carbons (Fsp3) is 0. The molecule has 0 bridgehead atoms. The molecular weight excluding hydrogens is 635 g/mol. The molecule has 0 radical (unpaired) electrons. The largest absolute Gasteiger partial charge is 0.256 e. The fourth-order valence-electron chi connectivity index (χ4n) is 7.22. The molecule has 3 aromatic heterocycles. The summed E-state index contributed by atoms with van der Waals surface area (Å²) in [4.78, 5) is 25.5. The highest BCUT2D eigenvalue weighted by Gasteiger charge is 2.18. The van der Waals surface area contributed by atoms with Crippen molar-refractivity contribution in [3.63, 3.8) is 0 Å². The average Bonchev–Trinajstić information content (AvgIpc) is 3.22. The van der Waals surface area contributed by atoms with Gasteiger partial charge in [-0.05, 0) is 62.6 Å². The van der Waals surface area contributed by atoms with Gasteiger partial charge in [-0.2, -0.15) is 0 Å². The maximum Gasteiger partial charge on any atom is 0.164 e. The third-order valence-corrected chi connectivity index (χ3v) is 9.76. The van der Waals surface area contributed by atoms with Gasteiger partial charge in [-0.1, -0.05) is 133 Å². The van der Waals surface area contributed by atoms with Gasteiger partial charge in [0.1, 0.15) is 0 Å². The molecule has 0 fully saturated rings. The Hall–Kier alpha value is -7.11. The number of benzene rings is 7. The normalized spacial score (nSPS) is 11.5. The summed E-state index contributed by atoms with van der Waals surface area (Å²) in [5.74, 6) is 1.80. The second-order valence-corrected chi connectivity index (χ2v) is 13.0. The van der Waals surface area contributed by atoms with Crippen LogP contribution in [-0.2, 0) is 0 Å². The minimum atomic E-state index is 0.574. The Kier molecular flexibility index (Phi) is 7.07. The lowest BCUT2D eigenvalue weighted by molar-refractivity contribution is 1.08. The van der Waals surface area contributed by atoms with E-state index in [0.717, 1.165) is 82.3 Å². The SMILES string of the molecule is c1ccc2cc(-c3cc(-c4nc(-c5cccc6ccccc56)nc(-c5cccc6ccccc56)n4)cc(-c4nccc5ccccc45)c3)ncc2c1. The molecule has 242 valence electrons. The maximum absolute atomic E-state index is 5.25. The second kappa shape index (κ2) is 12.3. The van der Waals surface area contributed by atoms with Crippen molar-refractivity contribution in [3.05, 3.63) is 176 Å². The standard InChI is InChI=1S/C47H29N5/c1-2-15-34-29-49-43(28-33(34)14-1)35-25-36(44-40-20-8-5-13-32(40)23-24-48-44)27-37(26-35)45-50-46(41-21-9-16-30-11-3-6-18-38(30)41)52-47(51-45)42-22-10-17-31-12-4-7-19-39(31)42/h1-29H. The quantitative estimate of drug-likeness (QED) is 0.183. The van der Waals surface area contributed by atoms with E-state index in [-0.39, 0.29) is 0 Å². The molecule has 0 spiro atoms. The molecule has 10 aromatic rings. The molecule has 5 nitrogen and oxygen atoms in total. The molecule has 10 rings (SSSR count). The van der Waals surface area contributed by atoms with Gasteiger partial charge >= 0.3 is 0 Å². The van der Waals surface area contributed by atoms with Gasteiger partial charge in [0.25, 0.3) is 0 Å². The summed E-state index contributed by atoms with van der Waals surface area (Å²) in [5.41, 5.74) is 6.41. The van der Waals surface area contributed by atoms with E-state index in [1.165, 1.54) is 0 Å². The fourth-order valence-corrected chi connectivity index (χ4v) is 7.22. The first kappa shape index (κ1) is 29.8. The molecule has 5 heteroatoms. The monoisotopic (exact) mass is 663 g/mol. The molecule has 0 saturated heterocycles. The van der Waals surface area contributed by atoms with E-state index in [2.05, 4.69) is 152 Å². The molecule has 7 aromatic carbocycles. The molecule has 0 atom stereocenters. The summed E-state index contributed by atoms with van der Waals surface area (Å²) in [6, 6.07) is 56.6. The van der Waals surface area contributed by atoms with E-state index in [9.17, 15) is 0 Å². The van der Waals surface area contributed by atoms with Crippen LogP contribution in [0.5, 0.6) is 0 Å². The summed E-state index contributed by atoms with van der Waals surface area (Å²) >= 11 is 0. The Morgan fingerprint density at radius 3 is 1.50 bits per heavy atom. The van der Waals surface area contributed by atoms with Gasteiger partial charge in [0, 0.05) is 51.0 Å². The number of nitrogens with zero attached hydrogens (tertiary/aromatic N) is 5. The molecule has 0 amide bonds. The molecule has 0 saturated carbocycles. The molecular formula is C47H29N5. The molecule has 3 heterocycles. The van der Waals surface area contributed by atoms with Crippen molar-refractivity contribution >= 4 is 43.1 Å². The van der Waals surface area contributed by atoms with Crippen LogP contribution >= 0.6 is 0 Å². The Morgan fingerprint density at radius 2 is 0.827 bits per heavy atom. The van der Waals surface area contributed by atoms with E-state index in [0.29, 0.717) is 17.5 Å². The first-order chi connectivity index (χ1) is 25.7. The van der Waals surface area contributed by atoms with Crippen molar-refractivity contribution in [1.29, 1.82) is 0 Å². The van der Waals surface area contributed by atoms with Crippen LogP contribution < -0.4 is 0 Å². The van der Waals surface area contributed by atoms with Crippen LogP contribution in [-0.4, -0.2) is 24.9 Å². The zero-order valence-corrected chi connectivity index (χ0v) is 28.0. The van der Waals surface area contributed by atoms with Crippen molar-refractivity contribution in [2.45, 2.75) is 0 Å². The van der Waals surface area contributed by atoms with Crippen molar-refractivity contribution in [2.75, 3.05) is 0 Å². The minimum Gasteiger partial charge on any atom is -0.256 e. The summed E-state index contributed by atoms with van der Waals surface area (Å²) in [6.45, 7) is 0. The first-order valence-corrected chi connectivity index (χ1v) is 17.3. The van der Waals surface area contributed by atoms with Crippen LogP contribution in [0.1, 0.15) is 0 Å². The summed E-state index contributed by atoms with van der Waals surface area (Å²) < 4.78 is 0. The predicted octanol–water partition coefficient (Wildman–Crippen LogP) is 11.6. The molecule has 0 aliphatic carbocycles. The highest BCUT2D eigenvalue weighted by molar-refractivity contribution is 5.99. The number of aromatic nitrogens is 5. The second-order valence-electron chi connectivity index (χ2n) is 13.0. The number of hydrogen-bond acceptors (Lipinski definition) is 5. The summed E-state index contributed by atoms with van der Waals surface area (Å²) in [5, 5.41) is 8.84. The van der Waals surface area contributed by atoms with Gasteiger partial charge < -0.3 is 0 Å². The predicted molar refractivity (Wildman–Crippen MR) is 213 cm³/mol. The van der Waals surface area contributed by atoms with Crippen LogP contribution in [0.15, 0.2) is 176 Å². The lowest BCUT2D eigenvalue weighted by Crippen LogP contribution is -2.01. The molecule has 0 aliphatic heterocycles. The lowest BCUT2D eigenvalue weighted by Gasteiger charge is -2.14. The molecule has 0 unspecified atom stereocenters. The highest BCUT2D eigenvalue weighted by atomic mass is 15.0. The number of hydrogen-bond donors (Lipinski definition) is 0. The summed E-state index contributed by atoms with van der Waals surface area (Å²) in [7, 11) is 0. The zero-order chi connectivity index (χ0) is 34.4. The van der Waals surface area contributed by atoms with Crippen LogP contribution in [0.25, 0.3) is 99.8 Å². The van der Waals surface area contributed by atoms with E-state index in [4.69, 9.17) is 24.9 Å². The highest BCUT2D eigenvalue weighted by Crippen LogP contribution is 2.37. The van der Waals surface area contributed by atoms with Gasteiger partial charge in [-0.15, -0.1) is 0 Å². The Morgan fingerprint density at radius 1 is 0.327 bits per heavy atom. The first-order valence-electron chi connectivity index (χ1n) is 17.3. The van der Waals surface area contributed by atoms with Crippen LogP contribution in [0.3, 0.4) is 0 Å². The van der Waals surface area contributed by atoms with Gasteiger partial charge in [0.2, 0.25) is 0 Å². The smallest absolute Gasteiger partial charge is 0.164 e. The zero-order valence-electron chi connectivity index (χ0n) is 28.0. The maximum atomic E-state index is 5.25. The number of rotatable bonds is 5. The third kappa shape index (κ3) is 5.24. The Bertz CT molecular complexity index is 2870. The van der Waals surface area contributed by atoms with E-state index >= 15 is 0 Å². The van der Waals surface area contributed by atoms with Crippen molar-refractivity contribution < 1.29 is 0 Å². The Labute approximate surface area is 300 Å². The number of fused-ring (bicyclic) bond motifs is 4. The van der Waals surface area contributed by atoms with Crippen LogP contribution in [0.2, 0.25) is 0 Å². The van der Waals surface area contributed by atoms with Crippen molar-refractivity contribution in [1.82, 2.24) is 24.9 Å². The van der Waals surface area contributed by atoms with E-state index in [1.807, 2.05) is 24.5 Å². The van der Waals surface area contributed by atoms with Gasteiger partial charge in [0.05, 0.1) is 11.4 Å². The minimum absolute atomic E-state index is 0.574. The Balaban J connectivity index is 1.26. The molecule has 0 N–H and O–H groups in total. The van der Waals surface area contributed by atoms with Crippen LogP contribution in [0.4, 0.5) is 0 Å². The summed E-state index contributed by atoms with van der Waals surface area (Å²) in [6.07, 6.45) is 3.81. The topological polar surface area (TPSA) is 64.5 Å². The van der Waals surface area contributed by atoms with Crippen LogP contribution in [0, 0.1) is 0 Å². The van der Waals surface area contributed by atoms with Crippen molar-refractivity contribution in [2.24, 2.45) is 0 Å². The molecule has 52 heavy (non-hydrogen) atoms. The van der Waals surface area contributed by atoms with Gasteiger partial charge in [-0.3, -0.25) is 9.97 Å².